The number of nitrogens with zero attached hydrogens (tertiary/aromatic N) is 3. The van der Waals surface area contributed by atoms with Gasteiger partial charge in [-0.3, -0.25) is 9.48 Å². The Balaban J connectivity index is 1.58. The first-order valence-electron chi connectivity index (χ1n) is 9.21. The second-order valence-corrected chi connectivity index (χ2v) is 7.13. The van der Waals surface area contributed by atoms with Gasteiger partial charge in [-0.05, 0) is 38.0 Å². The summed E-state index contributed by atoms with van der Waals surface area (Å²) in [6, 6.07) is 14.3. The van der Waals surface area contributed by atoms with Crippen LogP contribution in [0.1, 0.15) is 28.1 Å². The smallest absolute Gasteiger partial charge is 0.307 e. The van der Waals surface area contributed by atoms with Gasteiger partial charge >= 0.3 is 5.97 Å². The van der Waals surface area contributed by atoms with E-state index in [1.54, 1.807) is 0 Å². The van der Waals surface area contributed by atoms with Gasteiger partial charge in [0, 0.05) is 16.8 Å². The molecule has 6 nitrogen and oxygen atoms in total. The molecule has 6 heteroatoms. The van der Waals surface area contributed by atoms with Crippen molar-refractivity contribution in [2.24, 2.45) is 0 Å². The molecule has 2 heterocycles. The number of imidazole rings is 1. The molecule has 2 N–H and O–H groups in total. The van der Waals surface area contributed by atoms with Crippen LogP contribution < -0.4 is 0 Å². The van der Waals surface area contributed by atoms with E-state index in [2.05, 4.69) is 35.2 Å². The average Bonchev–Trinajstić information content (AvgIpc) is 3.20. The third kappa shape index (κ3) is 3.29. The van der Waals surface area contributed by atoms with E-state index < -0.39 is 5.97 Å². The Kier molecular flexibility index (Phi) is 4.47. The molecule has 0 radical (unpaired) electrons. The fourth-order valence-corrected chi connectivity index (χ4v) is 3.55. The average molecular weight is 374 g/mol. The van der Waals surface area contributed by atoms with Gasteiger partial charge in [0.1, 0.15) is 5.82 Å². The Morgan fingerprint density at radius 2 is 1.86 bits per heavy atom. The molecule has 142 valence electrons. The monoisotopic (exact) mass is 374 g/mol. The van der Waals surface area contributed by atoms with Crippen molar-refractivity contribution in [3.05, 3.63) is 70.5 Å². The Morgan fingerprint density at radius 1 is 1.11 bits per heavy atom. The predicted molar refractivity (Wildman–Crippen MR) is 108 cm³/mol. The zero-order valence-electron chi connectivity index (χ0n) is 16.2. The molecule has 0 aliphatic rings. The highest BCUT2D eigenvalue weighted by atomic mass is 16.4. The van der Waals surface area contributed by atoms with Crippen molar-refractivity contribution in [2.75, 3.05) is 0 Å². The van der Waals surface area contributed by atoms with Gasteiger partial charge in [0.05, 0.1) is 29.7 Å². The van der Waals surface area contributed by atoms with Gasteiger partial charge in [-0.2, -0.15) is 5.10 Å². The van der Waals surface area contributed by atoms with E-state index in [4.69, 9.17) is 10.1 Å². The number of carboxylic acids is 1. The summed E-state index contributed by atoms with van der Waals surface area (Å²) in [6.45, 7) is 6.44. The van der Waals surface area contributed by atoms with Crippen LogP contribution in [-0.4, -0.2) is 30.8 Å². The molecule has 0 aliphatic carbocycles. The molecule has 2 aromatic carbocycles. The van der Waals surface area contributed by atoms with Crippen LogP contribution in [0.2, 0.25) is 0 Å². The lowest BCUT2D eigenvalue weighted by Gasteiger charge is -2.06. The van der Waals surface area contributed by atoms with Crippen LogP contribution in [-0.2, 0) is 17.8 Å². The van der Waals surface area contributed by atoms with Gasteiger partial charge < -0.3 is 10.1 Å². The largest absolute Gasteiger partial charge is 0.481 e. The minimum absolute atomic E-state index is 0.00206. The maximum Gasteiger partial charge on any atom is 0.307 e. The first kappa shape index (κ1) is 18.0. The van der Waals surface area contributed by atoms with Gasteiger partial charge in [-0.25, -0.2) is 4.98 Å². The molecule has 0 saturated carbocycles. The highest BCUT2D eigenvalue weighted by molar-refractivity contribution is 5.82. The Labute approximate surface area is 162 Å². The van der Waals surface area contributed by atoms with Crippen molar-refractivity contribution >= 4 is 17.0 Å². The number of hydrogen-bond acceptors (Lipinski definition) is 3. The highest BCUT2D eigenvalue weighted by Gasteiger charge is 2.14. The summed E-state index contributed by atoms with van der Waals surface area (Å²) in [5.41, 5.74) is 7.77. The Hall–Kier alpha value is -3.41. The van der Waals surface area contributed by atoms with E-state index in [1.807, 2.05) is 42.8 Å². The zero-order chi connectivity index (χ0) is 19.8. The van der Waals surface area contributed by atoms with Gasteiger partial charge in [0.25, 0.3) is 0 Å². The van der Waals surface area contributed by atoms with Crippen molar-refractivity contribution in [2.45, 2.75) is 33.7 Å². The van der Waals surface area contributed by atoms with Crippen LogP contribution in [0.3, 0.4) is 0 Å². The molecule has 0 spiro atoms. The van der Waals surface area contributed by atoms with Crippen LogP contribution in [0.4, 0.5) is 0 Å². The molecule has 0 unspecified atom stereocenters. The van der Waals surface area contributed by atoms with E-state index >= 15 is 0 Å². The molecule has 4 aromatic rings. The summed E-state index contributed by atoms with van der Waals surface area (Å²) in [4.78, 5) is 19.2. The second kappa shape index (κ2) is 6.96. The lowest BCUT2D eigenvalue weighted by molar-refractivity contribution is -0.136. The van der Waals surface area contributed by atoms with Crippen molar-refractivity contribution in [3.63, 3.8) is 0 Å². The van der Waals surface area contributed by atoms with Crippen molar-refractivity contribution < 1.29 is 9.90 Å². The Morgan fingerprint density at radius 3 is 2.54 bits per heavy atom. The minimum atomic E-state index is -0.837. The summed E-state index contributed by atoms with van der Waals surface area (Å²) in [6.07, 6.45) is 0.00206. The number of aromatic nitrogens is 4. The summed E-state index contributed by atoms with van der Waals surface area (Å²) in [5, 5.41) is 13.6. The quantitative estimate of drug-likeness (QED) is 0.552. The molecular formula is C22H22N4O2. The second-order valence-electron chi connectivity index (χ2n) is 7.13. The lowest BCUT2D eigenvalue weighted by atomic mass is 10.1. The minimum Gasteiger partial charge on any atom is -0.481 e. The number of rotatable bonds is 5. The third-order valence-electron chi connectivity index (χ3n) is 5.13. The number of para-hydroxylation sites is 1. The summed E-state index contributed by atoms with van der Waals surface area (Å²) in [5.74, 6) is 0.0156. The van der Waals surface area contributed by atoms with Gasteiger partial charge in [0.2, 0.25) is 0 Å². The standard InChI is InChI=1S/C22H22N4O2/c1-13-5-4-6-19-21(13)24-22(23-19)17-9-7-16(8-10-17)12-26-15(3)18(11-20(27)28)14(2)25-26/h4-10H,11-12H2,1-3H3,(H,23,24)(H,27,28). The van der Waals surface area contributed by atoms with Gasteiger partial charge in [-0.15, -0.1) is 0 Å². The first-order chi connectivity index (χ1) is 13.4. The van der Waals surface area contributed by atoms with E-state index in [-0.39, 0.29) is 6.42 Å². The highest BCUT2D eigenvalue weighted by Crippen LogP contribution is 2.23. The number of nitrogens with one attached hydrogen (secondary N) is 1. The van der Waals surface area contributed by atoms with Crippen molar-refractivity contribution in [1.29, 1.82) is 0 Å². The fraction of sp³-hybridized carbons (Fsp3) is 0.227. The van der Waals surface area contributed by atoms with E-state index in [1.165, 1.54) is 0 Å². The number of aryl methyl sites for hydroxylation is 2. The van der Waals surface area contributed by atoms with Crippen LogP contribution in [0.15, 0.2) is 42.5 Å². The Bertz CT molecular complexity index is 1170. The molecule has 0 bridgehead atoms. The number of carbonyl (C=O) groups is 1. The first-order valence-corrected chi connectivity index (χ1v) is 9.21. The summed E-state index contributed by atoms with van der Waals surface area (Å²) >= 11 is 0. The van der Waals surface area contributed by atoms with Crippen LogP contribution in [0.25, 0.3) is 22.4 Å². The number of H-pyrrole nitrogens is 1. The maximum absolute atomic E-state index is 11.1. The van der Waals surface area contributed by atoms with Crippen LogP contribution in [0.5, 0.6) is 0 Å². The fourth-order valence-electron chi connectivity index (χ4n) is 3.55. The number of fused-ring (bicyclic) bond motifs is 1. The summed E-state index contributed by atoms with van der Waals surface area (Å²) in [7, 11) is 0. The molecule has 2 aromatic heterocycles. The van der Waals surface area contributed by atoms with Gasteiger partial charge in [0.15, 0.2) is 0 Å². The molecule has 0 amide bonds. The van der Waals surface area contributed by atoms with E-state index in [9.17, 15) is 4.79 Å². The number of benzene rings is 2. The molecule has 0 aliphatic heterocycles. The number of hydrogen-bond donors (Lipinski definition) is 2. The zero-order valence-corrected chi connectivity index (χ0v) is 16.2. The summed E-state index contributed by atoms with van der Waals surface area (Å²) < 4.78 is 1.87. The van der Waals surface area contributed by atoms with E-state index in [0.717, 1.165) is 50.5 Å². The molecule has 28 heavy (non-hydrogen) atoms. The number of carboxylic acid groups (broad SMARTS) is 1. The normalized spacial score (nSPS) is 11.2. The van der Waals surface area contributed by atoms with Crippen molar-refractivity contribution in [1.82, 2.24) is 19.7 Å². The molecule has 0 fully saturated rings. The number of aliphatic carboxylic acids is 1. The predicted octanol–water partition coefficient (Wildman–Crippen LogP) is 4.03. The van der Waals surface area contributed by atoms with Crippen molar-refractivity contribution in [3.8, 4) is 11.4 Å². The molecule has 0 atom stereocenters. The molecule has 0 saturated heterocycles. The van der Waals surface area contributed by atoms with Crippen LogP contribution >= 0.6 is 0 Å². The van der Waals surface area contributed by atoms with E-state index in [0.29, 0.717) is 6.54 Å². The third-order valence-corrected chi connectivity index (χ3v) is 5.13. The lowest BCUT2D eigenvalue weighted by Crippen LogP contribution is -2.06. The topological polar surface area (TPSA) is 83.8 Å². The van der Waals surface area contributed by atoms with Gasteiger partial charge in [-0.1, -0.05) is 36.4 Å². The van der Waals surface area contributed by atoms with Crippen LogP contribution in [0, 0.1) is 20.8 Å². The molecule has 4 rings (SSSR count). The maximum atomic E-state index is 11.1. The molecular weight excluding hydrogens is 352 g/mol. The number of aromatic amines is 1. The SMILES string of the molecule is Cc1nn(Cc2ccc(-c3nc4c(C)cccc4[nH]3)cc2)c(C)c1CC(=O)O.